The first-order chi connectivity index (χ1) is 13.1. The van der Waals surface area contributed by atoms with Crippen LogP contribution in [0.25, 0.3) is 0 Å². The molecular weight excluding hydrogens is 346 g/mol. The number of phenols is 1. The number of amides is 3. The molecule has 4 N–H and O–H groups in total. The number of para-hydroxylation sites is 1. The fourth-order valence-electron chi connectivity index (χ4n) is 2.25. The van der Waals surface area contributed by atoms with Crippen LogP contribution in [-0.4, -0.2) is 17.2 Å². The van der Waals surface area contributed by atoms with Crippen molar-refractivity contribution in [2.24, 2.45) is 0 Å². The Balaban J connectivity index is 1.52. The topological polar surface area (TPSA) is 99.7 Å². The van der Waals surface area contributed by atoms with Crippen molar-refractivity contribution < 1.29 is 19.4 Å². The lowest BCUT2D eigenvalue weighted by Gasteiger charge is -2.09. The van der Waals surface area contributed by atoms with Gasteiger partial charge in [-0.05, 0) is 48.5 Å². The molecule has 0 aliphatic rings. The van der Waals surface area contributed by atoms with Crippen LogP contribution in [0.15, 0.2) is 78.9 Å². The van der Waals surface area contributed by atoms with Crippen molar-refractivity contribution in [2.75, 3.05) is 16.0 Å². The van der Waals surface area contributed by atoms with Crippen LogP contribution in [0, 0.1) is 0 Å². The third kappa shape index (κ3) is 5.50. The molecule has 7 nitrogen and oxygen atoms in total. The van der Waals surface area contributed by atoms with Crippen LogP contribution in [-0.2, 0) is 0 Å². The summed E-state index contributed by atoms with van der Waals surface area (Å²) in [5, 5.41) is 17.3. The standard InChI is InChI=1S/C20H17N3O4/c24-17-6-4-5-16(13-17)22-19(25)21-14-9-11-15(12-10-14)23-20(26)27-18-7-2-1-3-8-18/h1-13,24H,(H,23,26)(H2,21,22,25). The SMILES string of the molecule is O=C(Nc1ccc(NC(=O)Oc2ccccc2)cc1)Nc1cccc(O)c1. The molecule has 0 bridgehead atoms. The van der Waals surface area contributed by atoms with Gasteiger partial charge in [0.1, 0.15) is 11.5 Å². The Morgan fingerprint density at radius 2 is 1.33 bits per heavy atom. The fourth-order valence-corrected chi connectivity index (χ4v) is 2.25. The molecular formula is C20H17N3O4. The average molecular weight is 363 g/mol. The number of urea groups is 1. The van der Waals surface area contributed by atoms with Crippen molar-refractivity contribution in [1.29, 1.82) is 0 Å². The van der Waals surface area contributed by atoms with Gasteiger partial charge in [-0.15, -0.1) is 0 Å². The molecule has 0 aliphatic heterocycles. The number of anilines is 3. The number of rotatable bonds is 4. The molecule has 0 radical (unpaired) electrons. The van der Waals surface area contributed by atoms with E-state index in [9.17, 15) is 14.7 Å². The van der Waals surface area contributed by atoms with Crippen molar-refractivity contribution >= 4 is 29.2 Å². The van der Waals surface area contributed by atoms with Gasteiger partial charge in [0.05, 0.1) is 0 Å². The zero-order chi connectivity index (χ0) is 19.1. The molecule has 0 unspecified atom stereocenters. The predicted molar refractivity (Wildman–Crippen MR) is 103 cm³/mol. The molecule has 0 fully saturated rings. The van der Waals surface area contributed by atoms with E-state index in [1.165, 1.54) is 12.1 Å². The second-order valence-corrected chi connectivity index (χ2v) is 5.53. The van der Waals surface area contributed by atoms with E-state index >= 15 is 0 Å². The number of aromatic hydroxyl groups is 1. The van der Waals surface area contributed by atoms with Crippen LogP contribution in [0.3, 0.4) is 0 Å². The number of carbonyl (C=O) groups excluding carboxylic acids is 2. The molecule has 0 atom stereocenters. The first kappa shape index (κ1) is 17.8. The lowest BCUT2D eigenvalue weighted by molar-refractivity contribution is 0.215. The van der Waals surface area contributed by atoms with Gasteiger partial charge in [0, 0.05) is 23.1 Å². The Bertz CT molecular complexity index is 927. The van der Waals surface area contributed by atoms with Crippen molar-refractivity contribution in [3.63, 3.8) is 0 Å². The zero-order valence-electron chi connectivity index (χ0n) is 14.2. The lowest BCUT2D eigenvalue weighted by Crippen LogP contribution is -2.19. The maximum Gasteiger partial charge on any atom is 0.417 e. The van der Waals surface area contributed by atoms with E-state index in [4.69, 9.17) is 4.74 Å². The number of nitrogens with one attached hydrogen (secondary N) is 3. The smallest absolute Gasteiger partial charge is 0.417 e. The molecule has 0 aliphatic carbocycles. The number of benzene rings is 3. The highest BCUT2D eigenvalue weighted by Crippen LogP contribution is 2.17. The summed E-state index contributed by atoms with van der Waals surface area (Å²) in [6, 6.07) is 21.0. The summed E-state index contributed by atoms with van der Waals surface area (Å²) >= 11 is 0. The summed E-state index contributed by atoms with van der Waals surface area (Å²) in [6.07, 6.45) is -0.608. The first-order valence-corrected chi connectivity index (χ1v) is 8.09. The molecule has 0 spiro atoms. The Labute approximate surface area is 155 Å². The van der Waals surface area contributed by atoms with Gasteiger partial charge in [0.2, 0.25) is 0 Å². The second-order valence-electron chi connectivity index (χ2n) is 5.53. The van der Waals surface area contributed by atoms with Crippen LogP contribution in [0.4, 0.5) is 26.7 Å². The molecule has 3 aromatic carbocycles. The Morgan fingerprint density at radius 1 is 0.704 bits per heavy atom. The lowest BCUT2D eigenvalue weighted by atomic mass is 10.3. The van der Waals surface area contributed by atoms with E-state index in [0.29, 0.717) is 22.8 Å². The molecule has 3 amide bonds. The van der Waals surface area contributed by atoms with Crippen molar-refractivity contribution in [1.82, 2.24) is 0 Å². The van der Waals surface area contributed by atoms with E-state index in [1.807, 2.05) is 6.07 Å². The van der Waals surface area contributed by atoms with Gasteiger partial charge in [-0.25, -0.2) is 9.59 Å². The minimum atomic E-state index is -0.608. The van der Waals surface area contributed by atoms with Crippen molar-refractivity contribution in [3.8, 4) is 11.5 Å². The van der Waals surface area contributed by atoms with Crippen LogP contribution in [0.2, 0.25) is 0 Å². The normalized spacial score (nSPS) is 9.93. The fraction of sp³-hybridized carbons (Fsp3) is 0. The first-order valence-electron chi connectivity index (χ1n) is 8.09. The maximum atomic E-state index is 12.0. The highest BCUT2D eigenvalue weighted by molar-refractivity contribution is 6.00. The van der Waals surface area contributed by atoms with Gasteiger partial charge < -0.3 is 20.5 Å². The van der Waals surface area contributed by atoms with Gasteiger partial charge in [0.25, 0.3) is 0 Å². The molecule has 136 valence electrons. The Hall–Kier alpha value is -4.00. The minimum absolute atomic E-state index is 0.0608. The van der Waals surface area contributed by atoms with E-state index in [1.54, 1.807) is 60.7 Å². The van der Waals surface area contributed by atoms with Gasteiger partial charge >= 0.3 is 12.1 Å². The summed E-state index contributed by atoms with van der Waals surface area (Å²) in [5.41, 5.74) is 1.53. The predicted octanol–water partition coefficient (Wildman–Crippen LogP) is 4.65. The molecule has 27 heavy (non-hydrogen) atoms. The quantitative estimate of drug-likeness (QED) is 0.542. The van der Waals surface area contributed by atoms with Gasteiger partial charge in [-0.1, -0.05) is 24.3 Å². The highest BCUT2D eigenvalue weighted by Gasteiger charge is 2.06. The van der Waals surface area contributed by atoms with Gasteiger partial charge in [-0.3, -0.25) is 5.32 Å². The van der Waals surface area contributed by atoms with Crippen molar-refractivity contribution in [3.05, 3.63) is 78.9 Å². The summed E-state index contributed by atoms with van der Waals surface area (Å²) in [6.45, 7) is 0. The summed E-state index contributed by atoms with van der Waals surface area (Å²) in [5.74, 6) is 0.502. The number of ether oxygens (including phenoxy) is 1. The van der Waals surface area contributed by atoms with E-state index in [2.05, 4.69) is 16.0 Å². The number of phenolic OH excluding ortho intramolecular Hbond substituents is 1. The molecule has 3 aromatic rings. The average Bonchev–Trinajstić information content (AvgIpc) is 2.64. The largest absolute Gasteiger partial charge is 0.508 e. The highest BCUT2D eigenvalue weighted by atomic mass is 16.6. The number of hydrogen-bond donors (Lipinski definition) is 4. The number of hydrogen-bond acceptors (Lipinski definition) is 4. The van der Waals surface area contributed by atoms with Crippen LogP contribution < -0.4 is 20.7 Å². The summed E-state index contributed by atoms with van der Waals surface area (Å²) in [4.78, 5) is 23.8. The molecule has 7 heteroatoms. The molecule has 0 aromatic heterocycles. The third-order valence-corrected chi connectivity index (χ3v) is 3.45. The van der Waals surface area contributed by atoms with E-state index < -0.39 is 12.1 Å². The van der Waals surface area contributed by atoms with Crippen LogP contribution in [0.1, 0.15) is 0 Å². The molecule has 0 saturated heterocycles. The Kier molecular flexibility index (Phi) is 5.54. The van der Waals surface area contributed by atoms with E-state index in [-0.39, 0.29) is 5.75 Å². The molecule has 0 saturated carbocycles. The van der Waals surface area contributed by atoms with Crippen LogP contribution >= 0.6 is 0 Å². The summed E-state index contributed by atoms with van der Waals surface area (Å²) in [7, 11) is 0. The maximum absolute atomic E-state index is 12.0. The monoisotopic (exact) mass is 363 g/mol. The summed E-state index contributed by atoms with van der Waals surface area (Å²) < 4.78 is 5.14. The van der Waals surface area contributed by atoms with E-state index in [0.717, 1.165) is 0 Å². The molecule has 3 rings (SSSR count). The van der Waals surface area contributed by atoms with Crippen LogP contribution in [0.5, 0.6) is 11.5 Å². The van der Waals surface area contributed by atoms with Gasteiger partial charge in [-0.2, -0.15) is 0 Å². The zero-order valence-corrected chi connectivity index (χ0v) is 14.2. The van der Waals surface area contributed by atoms with Gasteiger partial charge in [0.15, 0.2) is 0 Å². The molecule has 0 heterocycles. The third-order valence-electron chi connectivity index (χ3n) is 3.45. The minimum Gasteiger partial charge on any atom is -0.508 e. The van der Waals surface area contributed by atoms with Crippen molar-refractivity contribution in [2.45, 2.75) is 0 Å². The second kappa shape index (κ2) is 8.39. The number of carbonyl (C=O) groups is 2. The Morgan fingerprint density at radius 3 is 2.00 bits per heavy atom.